The van der Waals surface area contributed by atoms with Crippen molar-refractivity contribution in [3.8, 4) is 11.5 Å². The highest BCUT2D eigenvalue weighted by atomic mass is 32.2. The van der Waals surface area contributed by atoms with Gasteiger partial charge in [-0.2, -0.15) is 4.31 Å². The van der Waals surface area contributed by atoms with E-state index in [0.717, 1.165) is 11.1 Å². The second-order valence-corrected chi connectivity index (χ2v) is 9.35. The molecule has 0 atom stereocenters. The summed E-state index contributed by atoms with van der Waals surface area (Å²) in [5.74, 6) is 0.536. The molecule has 168 valence electrons. The lowest BCUT2D eigenvalue weighted by molar-refractivity contribution is -0.132. The highest BCUT2D eigenvalue weighted by molar-refractivity contribution is 7.89. The van der Waals surface area contributed by atoms with E-state index < -0.39 is 10.0 Å². The van der Waals surface area contributed by atoms with Crippen LogP contribution in [0.4, 0.5) is 0 Å². The van der Waals surface area contributed by atoms with Crippen LogP contribution in [0.3, 0.4) is 0 Å². The van der Waals surface area contributed by atoms with Crippen molar-refractivity contribution in [2.45, 2.75) is 18.4 Å². The SMILES string of the molecule is COc1ccc(S(=O)(=O)N(CC(=O)N2CCNCC2)Cc2cccc(C)c2)cc1OC. The van der Waals surface area contributed by atoms with Crippen LogP contribution in [0.1, 0.15) is 11.1 Å². The molecule has 2 aromatic rings. The van der Waals surface area contributed by atoms with Crippen molar-refractivity contribution in [3.05, 3.63) is 53.6 Å². The maximum Gasteiger partial charge on any atom is 0.243 e. The van der Waals surface area contributed by atoms with Gasteiger partial charge in [-0.15, -0.1) is 0 Å². The number of carbonyl (C=O) groups is 1. The van der Waals surface area contributed by atoms with Crippen molar-refractivity contribution < 1.29 is 22.7 Å². The fourth-order valence-electron chi connectivity index (χ4n) is 3.53. The molecule has 0 bridgehead atoms. The summed E-state index contributed by atoms with van der Waals surface area (Å²) in [6.45, 7) is 4.34. The zero-order valence-corrected chi connectivity index (χ0v) is 18.9. The Morgan fingerprint density at radius 3 is 2.42 bits per heavy atom. The van der Waals surface area contributed by atoms with Gasteiger partial charge in [0, 0.05) is 38.8 Å². The number of hydrogen-bond donors (Lipinski definition) is 1. The molecular weight excluding hydrogens is 418 g/mol. The standard InChI is InChI=1S/C22H29N3O5S/c1-17-5-4-6-18(13-17)15-25(16-22(26)24-11-9-23-10-12-24)31(27,28)19-7-8-20(29-2)21(14-19)30-3/h4-8,13-14,23H,9-12,15-16H2,1-3H3. The van der Waals surface area contributed by atoms with Crippen molar-refractivity contribution in [2.75, 3.05) is 46.9 Å². The summed E-state index contributed by atoms with van der Waals surface area (Å²) in [4.78, 5) is 14.7. The lowest BCUT2D eigenvalue weighted by Crippen LogP contribution is -2.50. The average Bonchev–Trinajstić information content (AvgIpc) is 2.78. The van der Waals surface area contributed by atoms with E-state index in [2.05, 4.69) is 5.32 Å². The highest BCUT2D eigenvalue weighted by Crippen LogP contribution is 2.31. The molecule has 9 heteroatoms. The lowest BCUT2D eigenvalue weighted by atomic mass is 10.1. The van der Waals surface area contributed by atoms with Crippen LogP contribution in [0.25, 0.3) is 0 Å². The topological polar surface area (TPSA) is 88.2 Å². The van der Waals surface area contributed by atoms with Gasteiger partial charge in [0.15, 0.2) is 11.5 Å². The van der Waals surface area contributed by atoms with E-state index in [4.69, 9.17) is 9.47 Å². The molecule has 3 rings (SSSR count). The number of piperazine rings is 1. The average molecular weight is 448 g/mol. The number of rotatable bonds is 8. The van der Waals surface area contributed by atoms with E-state index in [1.54, 1.807) is 11.0 Å². The zero-order valence-electron chi connectivity index (χ0n) is 18.1. The van der Waals surface area contributed by atoms with Gasteiger partial charge in [0.05, 0.1) is 25.7 Å². The third-order valence-corrected chi connectivity index (χ3v) is 7.00. The third-order valence-electron chi connectivity index (χ3n) is 5.22. The lowest BCUT2D eigenvalue weighted by Gasteiger charge is -2.30. The first-order valence-corrected chi connectivity index (χ1v) is 11.6. The number of hydrogen-bond acceptors (Lipinski definition) is 6. The Hall–Kier alpha value is -2.62. The van der Waals surface area contributed by atoms with E-state index in [1.165, 1.54) is 30.7 Å². The smallest absolute Gasteiger partial charge is 0.243 e. The van der Waals surface area contributed by atoms with Crippen LogP contribution in [0, 0.1) is 6.92 Å². The van der Waals surface area contributed by atoms with Gasteiger partial charge >= 0.3 is 0 Å². The molecule has 0 radical (unpaired) electrons. The van der Waals surface area contributed by atoms with Gasteiger partial charge in [-0.05, 0) is 24.6 Å². The van der Waals surface area contributed by atoms with E-state index in [1.807, 2.05) is 31.2 Å². The van der Waals surface area contributed by atoms with Gasteiger partial charge in [0.1, 0.15) is 0 Å². The molecule has 0 unspecified atom stereocenters. The van der Waals surface area contributed by atoms with Crippen LogP contribution in [-0.2, 0) is 21.4 Å². The Morgan fingerprint density at radius 1 is 1.06 bits per heavy atom. The van der Waals surface area contributed by atoms with Crippen LogP contribution < -0.4 is 14.8 Å². The van der Waals surface area contributed by atoms with Crippen LogP contribution in [0.15, 0.2) is 47.4 Å². The molecule has 1 heterocycles. The predicted molar refractivity (Wildman–Crippen MR) is 118 cm³/mol. The number of aryl methyl sites for hydroxylation is 1. The Morgan fingerprint density at radius 2 is 1.77 bits per heavy atom. The fourth-order valence-corrected chi connectivity index (χ4v) is 4.92. The summed E-state index contributed by atoms with van der Waals surface area (Å²) in [5.41, 5.74) is 1.84. The van der Waals surface area contributed by atoms with E-state index in [-0.39, 0.29) is 23.9 Å². The number of sulfonamides is 1. The Balaban J connectivity index is 1.94. The minimum Gasteiger partial charge on any atom is -0.493 e. The number of methoxy groups -OCH3 is 2. The second kappa shape index (κ2) is 10.1. The molecule has 2 aromatic carbocycles. The van der Waals surface area contributed by atoms with Crippen LogP contribution in [-0.4, -0.2) is 70.5 Å². The molecule has 1 saturated heterocycles. The summed E-state index contributed by atoms with van der Waals surface area (Å²) >= 11 is 0. The van der Waals surface area contributed by atoms with Crippen molar-refractivity contribution in [3.63, 3.8) is 0 Å². The largest absolute Gasteiger partial charge is 0.493 e. The minimum absolute atomic E-state index is 0.0471. The maximum atomic E-state index is 13.6. The van der Waals surface area contributed by atoms with Crippen molar-refractivity contribution in [2.24, 2.45) is 0 Å². The van der Waals surface area contributed by atoms with E-state index in [9.17, 15) is 13.2 Å². The third kappa shape index (κ3) is 5.55. The van der Waals surface area contributed by atoms with Gasteiger partial charge < -0.3 is 19.7 Å². The molecular formula is C22H29N3O5S. The number of nitrogens with zero attached hydrogens (tertiary/aromatic N) is 2. The summed E-state index contributed by atoms with van der Waals surface area (Å²) in [5, 5.41) is 3.20. The van der Waals surface area contributed by atoms with Crippen molar-refractivity contribution in [1.29, 1.82) is 0 Å². The highest BCUT2D eigenvalue weighted by Gasteiger charge is 2.30. The monoisotopic (exact) mass is 447 g/mol. The van der Waals surface area contributed by atoms with E-state index in [0.29, 0.717) is 37.7 Å². The first-order chi connectivity index (χ1) is 14.8. The Bertz CT molecular complexity index is 1020. The summed E-state index contributed by atoms with van der Waals surface area (Å²) in [7, 11) is -1.03. The molecule has 1 N–H and O–H groups in total. The first kappa shape index (κ1) is 23.1. The molecule has 0 aromatic heterocycles. The van der Waals surface area contributed by atoms with Crippen molar-refractivity contribution in [1.82, 2.24) is 14.5 Å². The van der Waals surface area contributed by atoms with E-state index >= 15 is 0 Å². The fraction of sp³-hybridized carbons (Fsp3) is 0.409. The predicted octanol–water partition coefficient (Wildman–Crippen LogP) is 1.63. The molecule has 0 saturated carbocycles. The number of nitrogens with one attached hydrogen (secondary N) is 1. The molecule has 0 aliphatic carbocycles. The normalized spacial score (nSPS) is 14.5. The molecule has 1 amide bonds. The maximum absolute atomic E-state index is 13.6. The number of ether oxygens (including phenoxy) is 2. The Labute approximate surface area is 183 Å². The molecule has 1 aliphatic rings. The number of benzene rings is 2. The van der Waals surface area contributed by atoms with Crippen LogP contribution in [0.2, 0.25) is 0 Å². The number of amides is 1. The van der Waals surface area contributed by atoms with Gasteiger partial charge in [-0.1, -0.05) is 29.8 Å². The van der Waals surface area contributed by atoms with Crippen LogP contribution in [0.5, 0.6) is 11.5 Å². The molecule has 8 nitrogen and oxygen atoms in total. The van der Waals surface area contributed by atoms with Gasteiger partial charge in [-0.25, -0.2) is 8.42 Å². The minimum atomic E-state index is -3.97. The Kier molecular flexibility index (Phi) is 7.53. The molecule has 0 spiro atoms. The number of carbonyl (C=O) groups excluding carboxylic acids is 1. The zero-order chi connectivity index (χ0) is 22.4. The van der Waals surface area contributed by atoms with Crippen molar-refractivity contribution >= 4 is 15.9 Å². The second-order valence-electron chi connectivity index (χ2n) is 7.41. The van der Waals surface area contributed by atoms with Gasteiger partial charge in [0.25, 0.3) is 0 Å². The van der Waals surface area contributed by atoms with Gasteiger partial charge in [-0.3, -0.25) is 4.79 Å². The summed E-state index contributed by atoms with van der Waals surface area (Å²) in [6, 6.07) is 12.1. The molecule has 1 fully saturated rings. The van der Waals surface area contributed by atoms with Gasteiger partial charge in [0.2, 0.25) is 15.9 Å². The summed E-state index contributed by atoms with van der Waals surface area (Å²) in [6.07, 6.45) is 0. The van der Waals surface area contributed by atoms with Crippen LogP contribution >= 0.6 is 0 Å². The molecule has 31 heavy (non-hydrogen) atoms. The first-order valence-electron chi connectivity index (χ1n) is 10.1. The quantitative estimate of drug-likeness (QED) is 0.662. The summed E-state index contributed by atoms with van der Waals surface area (Å²) < 4.78 is 38.8. The molecule has 1 aliphatic heterocycles.